The van der Waals surface area contributed by atoms with Crippen molar-refractivity contribution >= 4 is 0 Å². The Hall–Kier alpha value is -1.03. The number of benzene rings is 1. The van der Waals surface area contributed by atoms with Crippen LogP contribution in [0.15, 0.2) is 30.3 Å². The lowest BCUT2D eigenvalue weighted by Gasteiger charge is -2.05. The fourth-order valence-corrected chi connectivity index (χ4v) is 2.18. The summed E-state index contributed by atoms with van der Waals surface area (Å²) >= 11 is 0. The van der Waals surface area contributed by atoms with Gasteiger partial charge in [0.1, 0.15) is 0 Å². The highest BCUT2D eigenvalue weighted by atomic mass is 19.4. The highest BCUT2D eigenvalue weighted by molar-refractivity contribution is 5.14. The van der Waals surface area contributed by atoms with E-state index in [4.69, 9.17) is 0 Å². The maximum atomic E-state index is 11.9. The van der Waals surface area contributed by atoms with Crippen LogP contribution in [0.5, 0.6) is 0 Å². The highest BCUT2D eigenvalue weighted by Crippen LogP contribution is 2.23. The van der Waals surface area contributed by atoms with Gasteiger partial charge in [-0.05, 0) is 24.8 Å². The molecule has 0 radical (unpaired) electrons. The molecule has 1 aromatic carbocycles. The van der Waals surface area contributed by atoms with Crippen LogP contribution in [0.1, 0.15) is 56.9 Å². The maximum absolute atomic E-state index is 11.9. The topological polar surface area (TPSA) is 31.5 Å². The predicted molar refractivity (Wildman–Crippen MR) is 76.8 cm³/mol. The summed E-state index contributed by atoms with van der Waals surface area (Å²) in [4.78, 5) is 0. The Kier molecular flexibility index (Phi) is 10.2. The van der Waals surface area contributed by atoms with Gasteiger partial charge in [-0.3, -0.25) is 0 Å². The summed E-state index contributed by atoms with van der Waals surface area (Å²) in [5.41, 5.74) is 1.37. The third kappa shape index (κ3) is 10.9. The molecular weight excluding hydrogens is 265 g/mol. The Balaban J connectivity index is 0.00000361. The summed E-state index contributed by atoms with van der Waals surface area (Å²) in [6.07, 6.45) is 2.98. The third-order valence-electron chi connectivity index (χ3n) is 3.27. The van der Waals surface area contributed by atoms with Crippen molar-refractivity contribution in [3.05, 3.63) is 35.9 Å². The van der Waals surface area contributed by atoms with E-state index < -0.39 is 12.6 Å². The van der Waals surface area contributed by atoms with E-state index in [-0.39, 0.29) is 11.9 Å². The average molecular weight is 290 g/mol. The number of hydrogen-bond donors (Lipinski definition) is 0. The van der Waals surface area contributed by atoms with Gasteiger partial charge in [0.2, 0.25) is 0 Å². The first-order valence-corrected chi connectivity index (χ1v) is 7.18. The molecule has 0 unspecified atom stereocenters. The molecule has 0 saturated carbocycles. The van der Waals surface area contributed by atoms with Crippen LogP contribution in [0.25, 0.3) is 0 Å². The van der Waals surface area contributed by atoms with Gasteiger partial charge in [0.05, 0.1) is 0 Å². The Morgan fingerprint density at radius 2 is 1.20 bits per heavy atom. The smallest absolute Gasteiger partial charge is 0.389 e. The lowest BCUT2D eigenvalue weighted by atomic mass is 10.0. The summed E-state index contributed by atoms with van der Waals surface area (Å²) in [6.45, 7) is 0. The Bertz CT molecular complexity index is 322. The lowest BCUT2D eigenvalue weighted by molar-refractivity contribution is -0.135. The van der Waals surface area contributed by atoms with E-state index in [9.17, 15) is 13.2 Å². The first-order chi connectivity index (χ1) is 9.08. The molecule has 20 heavy (non-hydrogen) atoms. The van der Waals surface area contributed by atoms with E-state index in [1.165, 1.54) is 18.4 Å². The van der Waals surface area contributed by atoms with Gasteiger partial charge in [-0.2, -0.15) is 13.2 Å². The van der Waals surface area contributed by atoms with Crippen LogP contribution in [-0.4, -0.2) is 11.7 Å². The fourth-order valence-electron chi connectivity index (χ4n) is 2.18. The molecule has 0 fully saturated rings. The quantitative estimate of drug-likeness (QED) is 0.567. The zero-order chi connectivity index (χ0) is 14.0. The summed E-state index contributed by atoms with van der Waals surface area (Å²) in [6, 6.07) is 10.4. The molecular formula is C16H25F3O. The van der Waals surface area contributed by atoms with Crippen molar-refractivity contribution < 1.29 is 18.6 Å². The molecule has 2 N–H and O–H groups in total. The number of unbranched alkanes of at least 4 members (excludes halogenated alkanes) is 6. The van der Waals surface area contributed by atoms with Crippen molar-refractivity contribution in [2.24, 2.45) is 0 Å². The number of aryl methyl sites for hydroxylation is 1. The summed E-state index contributed by atoms with van der Waals surface area (Å²) in [5.74, 6) is 0. The second kappa shape index (κ2) is 10.7. The first kappa shape index (κ1) is 19.0. The van der Waals surface area contributed by atoms with E-state index >= 15 is 0 Å². The van der Waals surface area contributed by atoms with Crippen molar-refractivity contribution in [3.63, 3.8) is 0 Å². The SMILES string of the molecule is FC(F)(F)CCCCCCCCCc1ccccc1.O. The molecule has 0 heterocycles. The number of halogens is 3. The summed E-state index contributed by atoms with van der Waals surface area (Å²) in [7, 11) is 0. The van der Waals surface area contributed by atoms with E-state index in [0.717, 1.165) is 25.7 Å². The van der Waals surface area contributed by atoms with Crippen LogP contribution < -0.4 is 0 Å². The van der Waals surface area contributed by atoms with Crippen molar-refractivity contribution in [3.8, 4) is 0 Å². The van der Waals surface area contributed by atoms with E-state index in [1.54, 1.807) is 0 Å². The van der Waals surface area contributed by atoms with Crippen molar-refractivity contribution in [1.29, 1.82) is 0 Å². The minimum Gasteiger partial charge on any atom is -0.412 e. The second-order valence-corrected chi connectivity index (χ2v) is 5.08. The maximum Gasteiger partial charge on any atom is 0.389 e. The van der Waals surface area contributed by atoms with E-state index in [2.05, 4.69) is 24.3 Å². The van der Waals surface area contributed by atoms with Crippen LogP contribution >= 0.6 is 0 Å². The number of alkyl halides is 3. The molecule has 0 bridgehead atoms. The molecule has 0 amide bonds. The molecule has 0 spiro atoms. The molecule has 116 valence electrons. The Labute approximate surface area is 119 Å². The lowest BCUT2D eigenvalue weighted by Crippen LogP contribution is -2.06. The van der Waals surface area contributed by atoms with Crippen LogP contribution in [0.3, 0.4) is 0 Å². The minimum absolute atomic E-state index is 0. The normalized spacial score (nSPS) is 11.2. The molecule has 0 saturated heterocycles. The summed E-state index contributed by atoms with van der Waals surface area (Å²) < 4.78 is 35.7. The van der Waals surface area contributed by atoms with Gasteiger partial charge in [0, 0.05) is 6.42 Å². The van der Waals surface area contributed by atoms with Crippen LogP contribution in [-0.2, 0) is 6.42 Å². The first-order valence-electron chi connectivity index (χ1n) is 7.18. The second-order valence-electron chi connectivity index (χ2n) is 5.08. The van der Waals surface area contributed by atoms with Gasteiger partial charge in [-0.25, -0.2) is 0 Å². The molecule has 0 aliphatic rings. The number of rotatable bonds is 9. The van der Waals surface area contributed by atoms with Crippen LogP contribution in [0.2, 0.25) is 0 Å². The largest absolute Gasteiger partial charge is 0.412 e. The predicted octanol–water partition coefficient (Wildman–Crippen LogP) is 5.09. The van der Waals surface area contributed by atoms with Gasteiger partial charge in [0.15, 0.2) is 0 Å². The molecule has 1 nitrogen and oxygen atoms in total. The van der Waals surface area contributed by atoms with Crippen LogP contribution in [0.4, 0.5) is 13.2 Å². The molecule has 0 aliphatic carbocycles. The fraction of sp³-hybridized carbons (Fsp3) is 0.625. The zero-order valence-electron chi connectivity index (χ0n) is 11.9. The van der Waals surface area contributed by atoms with Gasteiger partial charge in [0.25, 0.3) is 0 Å². The molecule has 0 aliphatic heterocycles. The Morgan fingerprint density at radius 3 is 1.75 bits per heavy atom. The van der Waals surface area contributed by atoms with Gasteiger partial charge < -0.3 is 5.48 Å². The van der Waals surface area contributed by atoms with Crippen LogP contribution in [0, 0.1) is 0 Å². The standard InChI is InChI=1S/C16H23F3.H2O/c17-16(18,19)14-10-5-3-1-2-4-7-11-15-12-8-6-9-13-15;/h6,8-9,12-13H,1-5,7,10-11,14H2;1H2. The van der Waals surface area contributed by atoms with Gasteiger partial charge in [-0.1, -0.05) is 62.4 Å². The zero-order valence-corrected chi connectivity index (χ0v) is 11.9. The molecule has 0 aromatic heterocycles. The average Bonchev–Trinajstić information content (AvgIpc) is 2.37. The van der Waals surface area contributed by atoms with E-state index in [0.29, 0.717) is 6.42 Å². The van der Waals surface area contributed by atoms with Crippen molar-refractivity contribution in [1.82, 2.24) is 0 Å². The molecule has 1 rings (SSSR count). The van der Waals surface area contributed by atoms with Gasteiger partial charge >= 0.3 is 6.18 Å². The monoisotopic (exact) mass is 290 g/mol. The third-order valence-corrected chi connectivity index (χ3v) is 3.27. The molecule has 0 atom stereocenters. The van der Waals surface area contributed by atoms with E-state index in [1.807, 2.05) is 6.07 Å². The molecule has 4 heteroatoms. The molecule has 1 aromatic rings. The number of hydrogen-bond acceptors (Lipinski definition) is 0. The van der Waals surface area contributed by atoms with Gasteiger partial charge in [-0.15, -0.1) is 0 Å². The summed E-state index contributed by atoms with van der Waals surface area (Å²) in [5, 5.41) is 0. The highest BCUT2D eigenvalue weighted by Gasteiger charge is 2.25. The van der Waals surface area contributed by atoms with Crippen molar-refractivity contribution in [2.45, 2.75) is 64.0 Å². The van der Waals surface area contributed by atoms with Crippen molar-refractivity contribution in [2.75, 3.05) is 0 Å². The Morgan fingerprint density at radius 1 is 0.700 bits per heavy atom. The minimum atomic E-state index is -3.98.